The van der Waals surface area contributed by atoms with Crippen LogP contribution in [0, 0.1) is 0 Å². The summed E-state index contributed by atoms with van der Waals surface area (Å²) in [5.74, 6) is 1.45. The van der Waals surface area contributed by atoms with Gasteiger partial charge in [-0.3, -0.25) is 4.99 Å². The minimum atomic E-state index is 0.144. The second-order valence-corrected chi connectivity index (χ2v) is 4.90. The molecule has 0 aliphatic heterocycles. The van der Waals surface area contributed by atoms with E-state index in [9.17, 15) is 0 Å². The van der Waals surface area contributed by atoms with Crippen molar-refractivity contribution in [2.45, 2.75) is 46.4 Å². The van der Waals surface area contributed by atoms with Gasteiger partial charge in [-0.15, -0.1) is 0 Å². The molecule has 0 aliphatic rings. The smallest absolute Gasteiger partial charge is 0.213 e. The highest BCUT2D eigenvalue weighted by Gasteiger charge is 2.02. The number of guanidine groups is 1. The third-order valence-corrected chi connectivity index (χ3v) is 2.26. The number of ether oxygens (including phenoxy) is 1. The first-order valence-corrected chi connectivity index (χ1v) is 6.60. The zero-order chi connectivity index (χ0) is 14.3. The fraction of sp³-hybridized carbons (Fsp3) is 0.571. The minimum absolute atomic E-state index is 0.144. The molecule has 0 amide bonds. The molecule has 5 nitrogen and oxygen atoms in total. The van der Waals surface area contributed by atoms with Crippen LogP contribution in [0.2, 0.25) is 0 Å². The van der Waals surface area contributed by atoms with Gasteiger partial charge < -0.3 is 15.4 Å². The lowest BCUT2D eigenvalue weighted by atomic mass is 10.3. The molecule has 0 saturated carbocycles. The second kappa shape index (κ2) is 7.61. The number of hydrogen-bond donors (Lipinski definition) is 2. The Hall–Kier alpha value is -1.78. The van der Waals surface area contributed by atoms with E-state index in [2.05, 4.69) is 34.5 Å². The van der Waals surface area contributed by atoms with Crippen molar-refractivity contribution in [3.8, 4) is 5.88 Å². The molecule has 1 rings (SSSR count). The lowest BCUT2D eigenvalue weighted by Crippen LogP contribution is -2.40. The summed E-state index contributed by atoms with van der Waals surface area (Å²) in [6, 6.07) is 4.24. The number of hydrogen-bond acceptors (Lipinski definition) is 3. The third-order valence-electron chi connectivity index (χ3n) is 2.26. The number of nitrogens with one attached hydrogen (secondary N) is 2. The molecule has 0 bridgehead atoms. The third kappa shape index (κ3) is 6.08. The predicted molar refractivity (Wildman–Crippen MR) is 78.5 cm³/mol. The zero-order valence-electron chi connectivity index (χ0n) is 12.4. The van der Waals surface area contributed by atoms with Crippen molar-refractivity contribution in [1.29, 1.82) is 0 Å². The van der Waals surface area contributed by atoms with Crippen LogP contribution >= 0.6 is 0 Å². The molecule has 1 aromatic rings. The molecule has 0 radical (unpaired) electrons. The Morgan fingerprint density at radius 1 is 1.32 bits per heavy atom. The van der Waals surface area contributed by atoms with E-state index in [1.165, 1.54) is 0 Å². The van der Waals surface area contributed by atoms with Crippen molar-refractivity contribution < 1.29 is 4.74 Å². The molecule has 0 saturated heterocycles. The number of aliphatic imine (C=N–C) groups is 1. The summed E-state index contributed by atoms with van der Waals surface area (Å²) in [5, 5.41) is 6.47. The van der Waals surface area contributed by atoms with Crippen LogP contribution in [0.25, 0.3) is 0 Å². The average molecular weight is 264 g/mol. The Bertz CT molecular complexity index is 398. The molecule has 1 heterocycles. The van der Waals surface area contributed by atoms with Crippen LogP contribution in [0.15, 0.2) is 23.3 Å². The van der Waals surface area contributed by atoms with Crippen LogP contribution in [0.4, 0.5) is 0 Å². The molecule has 1 aromatic heterocycles. The first-order chi connectivity index (χ1) is 9.01. The molecule has 0 unspecified atom stereocenters. The van der Waals surface area contributed by atoms with Crippen LogP contribution in [-0.4, -0.2) is 30.1 Å². The zero-order valence-corrected chi connectivity index (χ0v) is 12.4. The number of nitrogens with zero attached hydrogens (tertiary/aromatic N) is 2. The van der Waals surface area contributed by atoms with E-state index in [-0.39, 0.29) is 6.10 Å². The van der Waals surface area contributed by atoms with Crippen molar-refractivity contribution in [1.82, 2.24) is 15.6 Å². The van der Waals surface area contributed by atoms with Gasteiger partial charge in [0.1, 0.15) is 0 Å². The quantitative estimate of drug-likeness (QED) is 0.630. The number of aromatic nitrogens is 1. The molecular formula is C14H24N4O. The predicted octanol–water partition coefficient (Wildman–Crippen LogP) is 1.94. The maximum absolute atomic E-state index is 5.50. The van der Waals surface area contributed by atoms with Gasteiger partial charge in [-0.1, -0.05) is 6.07 Å². The van der Waals surface area contributed by atoms with Crippen LogP contribution in [0.1, 0.15) is 33.3 Å². The first kappa shape index (κ1) is 15.3. The van der Waals surface area contributed by atoms with E-state index in [0.29, 0.717) is 18.5 Å². The molecule has 0 atom stereocenters. The van der Waals surface area contributed by atoms with Gasteiger partial charge in [-0.2, -0.15) is 0 Å². The summed E-state index contributed by atoms with van der Waals surface area (Å²) >= 11 is 0. The Kier molecular flexibility index (Phi) is 6.12. The van der Waals surface area contributed by atoms with E-state index >= 15 is 0 Å². The van der Waals surface area contributed by atoms with Crippen LogP contribution in [0.5, 0.6) is 5.88 Å². The molecule has 0 spiro atoms. The van der Waals surface area contributed by atoms with E-state index in [1.54, 1.807) is 7.05 Å². The highest BCUT2D eigenvalue weighted by molar-refractivity contribution is 5.79. The summed E-state index contributed by atoms with van der Waals surface area (Å²) in [6.07, 6.45) is 1.96. The Morgan fingerprint density at radius 3 is 2.53 bits per heavy atom. The lowest BCUT2D eigenvalue weighted by Gasteiger charge is -2.14. The summed E-state index contributed by atoms with van der Waals surface area (Å²) < 4.78 is 5.50. The van der Waals surface area contributed by atoms with Crippen molar-refractivity contribution in [2.75, 3.05) is 7.05 Å². The van der Waals surface area contributed by atoms with Crippen molar-refractivity contribution in [3.63, 3.8) is 0 Å². The maximum atomic E-state index is 5.50. The Labute approximate surface area is 115 Å². The van der Waals surface area contributed by atoms with Crippen molar-refractivity contribution >= 4 is 5.96 Å². The standard InChI is InChI=1S/C14H24N4O/c1-10(2)18-14(15-5)17-9-12-6-7-13(16-8-12)19-11(3)4/h6-8,10-11H,9H2,1-5H3,(H2,15,17,18). The van der Waals surface area contributed by atoms with Gasteiger partial charge >= 0.3 is 0 Å². The second-order valence-electron chi connectivity index (χ2n) is 4.90. The van der Waals surface area contributed by atoms with Crippen LogP contribution < -0.4 is 15.4 Å². The van der Waals surface area contributed by atoms with E-state index in [0.717, 1.165) is 11.5 Å². The summed E-state index contributed by atoms with van der Waals surface area (Å²) in [4.78, 5) is 8.41. The normalized spacial score (nSPS) is 11.8. The monoisotopic (exact) mass is 264 g/mol. The fourth-order valence-corrected chi connectivity index (χ4v) is 1.48. The molecule has 0 fully saturated rings. The molecule has 5 heteroatoms. The molecular weight excluding hydrogens is 240 g/mol. The van der Waals surface area contributed by atoms with Gasteiger partial charge in [0.05, 0.1) is 6.10 Å². The van der Waals surface area contributed by atoms with Gasteiger partial charge in [0, 0.05) is 31.9 Å². The highest BCUT2D eigenvalue weighted by atomic mass is 16.5. The first-order valence-electron chi connectivity index (χ1n) is 6.60. The summed E-state index contributed by atoms with van der Waals surface area (Å²) in [7, 11) is 1.76. The highest BCUT2D eigenvalue weighted by Crippen LogP contribution is 2.09. The number of rotatable bonds is 5. The largest absolute Gasteiger partial charge is 0.475 e. The molecule has 0 aromatic carbocycles. The maximum Gasteiger partial charge on any atom is 0.213 e. The van der Waals surface area contributed by atoms with Gasteiger partial charge in [-0.25, -0.2) is 4.98 Å². The Balaban J connectivity index is 2.49. The fourth-order valence-electron chi connectivity index (χ4n) is 1.48. The van der Waals surface area contributed by atoms with E-state index in [1.807, 2.05) is 32.2 Å². The molecule has 106 valence electrons. The van der Waals surface area contributed by atoms with E-state index < -0.39 is 0 Å². The van der Waals surface area contributed by atoms with Gasteiger partial charge in [0.15, 0.2) is 5.96 Å². The van der Waals surface area contributed by atoms with Crippen LogP contribution in [-0.2, 0) is 6.54 Å². The van der Waals surface area contributed by atoms with Crippen LogP contribution in [0.3, 0.4) is 0 Å². The summed E-state index contributed by atoms with van der Waals surface area (Å²) in [5.41, 5.74) is 1.09. The van der Waals surface area contributed by atoms with Crippen molar-refractivity contribution in [3.05, 3.63) is 23.9 Å². The Morgan fingerprint density at radius 2 is 2.05 bits per heavy atom. The summed E-state index contributed by atoms with van der Waals surface area (Å²) in [6.45, 7) is 8.80. The molecule has 19 heavy (non-hydrogen) atoms. The SMILES string of the molecule is CN=C(NCc1ccc(OC(C)C)nc1)NC(C)C. The topological polar surface area (TPSA) is 58.5 Å². The average Bonchev–Trinajstić information content (AvgIpc) is 2.35. The van der Waals surface area contributed by atoms with Gasteiger partial charge in [0.2, 0.25) is 5.88 Å². The van der Waals surface area contributed by atoms with Crippen molar-refractivity contribution in [2.24, 2.45) is 4.99 Å². The number of pyridine rings is 1. The molecule has 2 N–H and O–H groups in total. The minimum Gasteiger partial charge on any atom is -0.475 e. The lowest BCUT2D eigenvalue weighted by molar-refractivity contribution is 0.232. The molecule has 0 aliphatic carbocycles. The van der Waals surface area contributed by atoms with Gasteiger partial charge in [0.25, 0.3) is 0 Å². The van der Waals surface area contributed by atoms with E-state index in [4.69, 9.17) is 4.74 Å². The van der Waals surface area contributed by atoms with Gasteiger partial charge in [-0.05, 0) is 33.3 Å².